The molecule has 0 aliphatic carbocycles. The van der Waals surface area contributed by atoms with Gasteiger partial charge in [-0.15, -0.1) is 0 Å². The SMILES string of the molecule is CCOC(=O)c1oc2c(F)cc(=O)n(C)c2c1O. The number of carbonyl (C=O) groups excluding carboxylic acids is 1. The van der Waals surface area contributed by atoms with Gasteiger partial charge in [0.1, 0.15) is 5.52 Å². The van der Waals surface area contributed by atoms with Crippen molar-refractivity contribution >= 4 is 17.1 Å². The fourth-order valence-electron chi connectivity index (χ4n) is 1.60. The summed E-state index contributed by atoms with van der Waals surface area (Å²) in [6.45, 7) is 1.66. The molecule has 2 aromatic rings. The standard InChI is InChI=1S/C11H10FNO5/c1-3-17-11(16)10-8(15)7-9(18-10)5(12)4-6(14)13(7)2/h4,15H,3H2,1-2H3. The number of hydrogen-bond donors (Lipinski definition) is 1. The van der Waals surface area contributed by atoms with E-state index in [1.54, 1.807) is 6.92 Å². The number of fused-ring (bicyclic) bond motifs is 1. The third-order valence-corrected chi connectivity index (χ3v) is 2.45. The average molecular weight is 255 g/mol. The molecule has 0 aliphatic heterocycles. The number of furan rings is 1. The predicted molar refractivity (Wildman–Crippen MR) is 59.0 cm³/mol. The molecule has 2 aromatic heterocycles. The van der Waals surface area contributed by atoms with Crippen LogP contribution < -0.4 is 5.56 Å². The fourth-order valence-corrected chi connectivity index (χ4v) is 1.60. The van der Waals surface area contributed by atoms with Crippen LogP contribution >= 0.6 is 0 Å². The van der Waals surface area contributed by atoms with Crippen LogP contribution in [0.25, 0.3) is 11.1 Å². The van der Waals surface area contributed by atoms with Crippen molar-refractivity contribution in [1.82, 2.24) is 4.57 Å². The molecule has 0 radical (unpaired) electrons. The number of halogens is 1. The molecule has 96 valence electrons. The molecule has 0 amide bonds. The first-order valence-electron chi connectivity index (χ1n) is 5.15. The normalized spacial score (nSPS) is 10.8. The molecule has 2 heterocycles. The van der Waals surface area contributed by atoms with Crippen LogP contribution in [-0.2, 0) is 11.8 Å². The molecule has 6 nitrogen and oxygen atoms in total. The zero-order chi connectivity index (χ0) is 13.4. The first-order chi connectivity index (χ1) is 8.47. The van der Waals surface area contributed by atoms with Gasteiger partial charge >= 0.3 is 5.97 Å². The van der Waals surface area contributed by atoms with Gasteiger partial charge < -0.3 is 18.8 Å². The molecule has 0 bridgehead atoms. The molecule has 0 aromatic carbocycles. The van der Waals surface area contributed by atoms with Crippen molar-refractivity contribution in [3.63, 3.8) is 0 Å². The second-order valence-electron chi connectivity index (χ2n) is 3.57. The van der Waals surface area contributed by atoms with Crippen LogP contribution in [0.3, 0.4) is 0 Å². The van der Waals surface area contributed by atoms with Crippen molar-refractivity contribution in [2.75, 3.05) is 6.61 Å². The summed E-state index contributed by atoms with van der Waals surface area (Å²) in [7, 11) is 1.33. The van der Waals surface area contributed by atoms with Crippen molar-refractivity contribution in [2.45, 2.75) is 6.92 Å². The summed E-state index contributed by atoms with van der Waals surface area (Å²) >= 11 is 0. The van der Waals surface area contributed by atoms with Crippen LogP contribution in [0, 0.1) is 5.82 Å². The Hall–Kier alpha value is -2.31. The Balaban J connectivity index is 2.78. The third-order valence-electron chi connectivity index (χ3n) is 2.45. The molecule has 0 fully saturated rings. The molecule has 0 aliphatic rings. The predicted octanol–water partition coefficient (Wildman–Crippen LogP) is 1.15. The number of esters is 1. The Morgan fingerprint density at radius 1 is 1.61 bits per heavy atom. The highest BCUT2D eigenvalue weighted by Gasteiger charge is 2.25. The van der Waals surface area contributed by atoms with Gasteiger partial charge in [-0.3, -0.25) is 4.79 Å². The average Bonchev–Trinajstić information content (AvgIpc) is 2.65. The largest absolute Gasteiger partial charge is 0.503 e. The van der Waals surface area contributed by atoms with E-state index in [4.69, 9.17) is 4.42 Å². The van der Waals surface area contributed by atoms with Gasteiger partial charge in [0.25, 0.3) is 11.3 Å². The zero-order valence-corrected chi connectivity index (χ0v) is 9.69. The quantitative estimate of drug-likeness (QED) is 0.814. The maximum absolute atomic E-state index is 13.5. The Kier molecular flexibility index (Phi) is 2.82. The number of rotatable bonds is 2. The minimum absolute atomic E-state index is 0.0801. The van der Waals surface area contributed by atoms with Gasteiger partial charge in [-0.1, -0.05) is 0 Å². The van der Waals surface area contributed by atoms with E-state index in [-0.39, 0.29) is 17.7 Å². The Bertz CT molecular complexity index is 685. The van der Waals surface area contributed by atoms with Gasteiger partial charge in [-0.05, 0) is 6.92 Å². The number of hydrogen-bond acceptors (Lipinski definition) is 5. The minimum atomic E-state index is -0.945. The lowest BCUT2D eigenvalue weighted by Crippen LogP contribution is -2.16. The number of aromatic nitrogens is 1. The highest BCUT2D eigenvalue weighted by atomic mass is 19.1. The topological polar surface area (TPSA) is 81.7 Å². The van der Waals surface area contributed by atoms with Crippen molar-refractivity contribution in [3.05, 3.63) is 28.0 Å². The van der Waals surface area contributed by atoms with Gasteiger partial charge in [0, 0.05) is 13.1 Å². The minimum Gasteiger partial charge on any atom is -0.503 e. The summed E-state index contributed by atoms with van der Waals surface area (Å²) < 4.78 is 24.1. The van der Waals surface area contributed by atoms with E-state index in [9.17, 15) is 19.1 Å². The second kappa shape index (κ2) is 4.17. The van der Waals surface area contributed by atoms with Crippen LogP contribution in [0.4, 0.5) is 4.39 Å². The van der Waals surface area contributed by atoms with Crippen molar-refractivity contribution in [3.8, 4) is 5.75 Å². The van der Waals surface area contributed by atoms with Crippen LogP contribution in [0.1, 0.15) is 17.5 Å². The fraction of sp³-hybridized carbons (Fsp3) is 0.273. The smallest absolute Gasteiger partial charge is 0.378 e. The molecular formula is C11H10FNO5. The van der Waals surface area contributed by atoms with E-state index >= 15 is 0 Å². The summed E-state index contributed by atoms with van der Waals surface area (Å²) in [6, 6.07) is 0.709. The maximum Gasteiger partial charge on any atom is 0.378 e. The van der Waals surface area contributed by atoms with Gasteiger partial charge in [-0.25, -0.2) is 9.18 Å². The van der Waals surface area contributed by atoms with Crippen LogP contribution in [0.2, 0.25) is 0 Å². The monoisotopic (exact) mass is 255 g/mol. The van der Waals surface area contributed by atoms with Crippen molar-refractivity contribution in [2.24, 2.45) is 7.05 Å². The van der Waals surface area contributed by atoms with E-state index in [0.29, 0.717) is 6.07 Å². The lowest BCUT2D eigenvalue weighted by atomic mass is 10.3. The molecule has 18 heavy (non-hydrogen) atoms. The first-order valence-corrected chi connectivity index (χ1v) is 5.15. The van der Waals surface area contributed by atoms with Crippen LogP contribution in [-0.4, -0.2) is 22.2 Å². The van der Waals surface area contributed by atoms with Crippen LogP contribution in [0.5, 0.6) is 5.75 Å². The van der Waals surface area contributed by atoms with Crippen molar-refractivity contribution in [1.29, 1.82) is 0 Å². The molecule has 0 saturated heterocycles. The molecule has 1 N–H and O–H groups in total. The first kappa shape index (κ1) is 12.2. The number of aryl methyl sites for hydroxylation is 1. The summed E-state index contributed by atoms with van der Waals surface area (Å²) in [5.41, 5.74) is -1.20. The molecule has 0 atom stereocenters. The van der Waals surface area contributed by atoms with Gasteiger partial charge in [-0.2, -0.15) is 0 Å². The molecule has 0 saturated carbocycles. The van der Waals surface area contributed by atoms with E-state index in [1.165, 1.54) is 7.05 Å². The van der Waals surface area contributed by atoms with Crippen molar-refractivity contribution < 1.29 is 23.4 Å². The van der Waals surface area contributed by atoms with Gasteiger partial charge in [0.15, 0.2) is 17.1 Å². The second-order valence-corrected chi connectivity index (χ2v) is 3.57. The Labute approximate surface area is 100 Å². The van der Waals surface area contributed by atoms with Crippen LogP contribution in [0.15, 0.2) is 15.3 Å². The number of nitrogens with zero attached hydrogens (tertiary/aromatic N) is 1. The molecule has 7 heteroatoms. The number of pyridine rings is 1. The van der Waals surface area contributed by atoms with E-state index in [0.717, 1.165) is 4.57 Å². The van der Waals surface area contributed by atoms with E-state index < -0.39 is 28.9 Å². The summed E-state index contributed by atoms with van der Waals surface area (Å²) in [5.74, 6) is -2.99. The van der Waals surface area contributed by atoms with E-state index in [1.807, 2.05) is 0 Å². The van der Waals surface area contributed by atoms with Gasteiger partial charge in [0.05, 0.1) is 6.61 Å². The molecular weight excluding hydrogens is 245 g/mol. The molecule has 0 unspecified atom stereocenters. The molecule has 2 rings (SSSR count). The Morgan fingerprint density at radius 2 is 2.28 bits per heavy atom. The number of aromatic hydroxyl groups is 1. The maximum atomic E-state index is 13.5. The lowest BCUT2D eigenvalue weighted by Gasteiger charge is -1.99. The number of ether oxygens (including phenoxy) is 1. The Morgan fingerprint density at radius 3 is 2.89 bits per heavy atom. The van der Waals surface area contributed by atoms with Gasteiger partial charge in [0.2, 0.25) is 0 Å². The summed E-state index contributed by atoms with van der Waals surface area (Å²) in [4.78, 5) is 22.8. The highest BCUT2D eigenvalue weighted by Crippen LogP contribution is 2.32. The summed E-state index contributed by atoms with van der Waals surface area (Å²) in [6.07, 6.45) is 0. The number of carbonyl (C=O) groups is 1. The van der Waals surface area contributed by atoms with E-state index in [2.05, 4.69) is 4.74 Å². The highest BCUT2D eigenvalue weighted by molar-refractivity contribution is 5.97. The zero-order valence-electron chi connectivity index (χ0n) is 9.69. The lowest BCUT2D eigenvalue weighted by molar-refractivity contribution is 0.0488. The molecule has 0 spiro atoms. The third kappa shape index (κ3) is 1.64. The summed E-state index contributed by atoms with van der Waals surface area (Å²) in [5, 5.41) is 9.80.